The minimum atomic E-state index is 0.282. The topological polar surface area (TPSA) is 124 Å². The zero-order chi connectivity index (χ0) is 11.1. The van der Waals surface area contributed by atoms with Gasteiger partial charge >= 0.3 is 0 Å². The summed E-state index contributed by atoms with van der Waals surface area (Å²) in [6.07, 6.45) is 0. The van der Waals surface area contributed by atoms with Gasteiger partial charge < -0.3 is 0 Å². The van der Waals surface area contributed by atoms with Crippen molar-refractivity contribution in [2.24, 2.45) is 15.9 Å². The maximum Gasteiger partial charge on any atom is 0.0636 e. The Balaban J connectivity index is 3.00. The van der Waals surface area contributed by atoms with Gasteiger partial charge in [-0.1, -0.05) is 0 Å². The summed E-state index contributed by atoms with van der Waals surface area (Å²) >= 11 is 0. The van der Waals surface area contributed by atoms with Gasteiger partial charge in [0.05, 0.1) is 32.9 Å². The second-order valence-electron chi connectivity index (χ2n) is 2.41. The highest BCUT2D eigenvalue weighted by Gasteiger charge is 2.00. The minimum Gasteiger partial charge on any atom is -0.242 e. The first kappa shape index (κ1) is 10.5. The van der Waals surface area contributed by atoms with Crippen LogP contribution in [0.2, 0.25) is 0 Å². The lowest BCUT2D eigenvalue weighted by molar-refractivity contribution is 1.27. The molecule has 0 bridgehead atoms. The predicted molar refractivity (Wildman–Crippen MR) is 54.7 cm³/mol. The fourth-order valence-electron chi connectivity index (χ4n) is 0.979. The Hall–Kier alpha value is -2.58. The summed E-state index contributed by atoms with van der Waals surface area (Å²) in [4.78, 5) is 29.8. The van der Waals surface area contributed by atoms with Crippen molar-refractivity contribution in [2.75, 3.05) is 16.3 Å². The molecule has 1 aromatic carbocycles. The molecular weight excluding hydrogens is 204 g/mol. The molecule has 0 fully saturated rings. The zero-order valence-electron chi connectivity index (χ0n) is 7.30. The molecule has 3 N–H and O–H groups in total. The first-order chi connectivity index (χ1) is 7.30. The molecule has 0 heterocycles. The molecule has 9 heteroatoms. The van der Waals surface area contributed by atoms with E-state index in [1.54, 1.807) is 0 Å². The van der Waals surface area contributed by atoms with Crippen LogP contribution >= 0.6 is 0 Å². The molecule has 78 valence electrons. The van der Waals surface area contributed by atoms with Gasteiger partial charge in [0.25, 0.3) is 0 Å². The average Bonchev–Trinajstić information content (AvgIpc) is 2.19. The first-order valence-electron chi connectivity index (χ1n) is 3.70. The molecule has 0 aliphatic heterocycles. The molecule has 0 aliphatic carbocycles. The van der Waals surface area contributed by atoms with E-state index in [1.807, 2.05) is 0 Å². The third-order valence-corrected chi connectivity index (χ3v) is 1.46. The van der Waals surface area contributed by atoms with Gasteiger partial charge in [-0.3, -0.25) is 0 Å². The molecule has 1 rings (SSSR count). The van der Waals surface area contributed by atoms with E-state index >= 15 is 0 Å². The zero-order valence-corrected chi connectivity index (χ0v) is 7.30. The second-order valence-corrected chi connectivity index (χ2v) is 2.41. The molecule has 15 heavy (non-hydrogen) atoms. The number of anilines is 3. The monoisotopic (exact) mass is 210 g/mol. The van der Waals surface area contributed by atoms with E-state index in [-0.39, 0.29) is 17.1 Å². The lowest BCUT2D eigenvalue weighted by Gasteiger charge is -2.04. The Kier molecular flexibility index (Phi) is 3.65. The summed E-state index contributed by atoms with van der Waals surface area (Å²) < 4.78 is 0. The van der Waals surface area contributed by atoms with Gasteiger partial charge in [0.2, 0.25) is 0 Å². The smallest absolute Gasteiger partial charge is 0.0636 e. The molecule has 1 aromatic rings. The van der Waals surface area contributed by atoms with Crippen molar-refractivity contribution in [2.45, 2.75) is 0 Å². The van der Waals surface area contributed by atoms with Crippen molar-refractivity contribution < 1.29 is 0 Å². The highest BCUT2D eigenvalue weighted by molar-refractivity contribution is 5.66. The maximum absolute atomic E-state index is 9.94. The molecule has 0 saturated heterocycles. The summed E-state index contributed by atoms with van der Waals surface area (Å²) in [5.41, 5.74) is 7.17. The van der Waals surface area contributed by atoms with Crippen molar-refractivity contribution in [3.8, 4) is 0 Å². The van der Waals surface area contributed by atoms with E-state index in [0.29, 0.717) is 0 Å². The third-order valence-electron chi connectivity index (χ3n) is 1.46. The Labute approximate surface area is 83.1 Å². The SMILES string of the molecule is O=NNc1cc(NN=O)cc(NN=O)c1. The largest absolute Gasteiger partial charge is 0.242 e. The van der Waals surface area contributed by atoms with Crippen molar-refractivity contribution in [1.29, 1.82) is 0 Å². The number of hydrogen-bond donors (Lipinski definition) is 3. The second kappa shape index (κ2) is 5.21. The Bertz CT molecular complexity index is 312. The van der Waals surface area contributed by atoms with Crippen molar-refractivity contribution in [3.63, 3.8) is 0 Å². The molecule has 0 saturated carbocycles. The summed E-state index contributed by atoms with van der Waals surface area (Å²) in [5, 5.41) is 7.31. The van der Waals surface area contributed by atoms with Crippen LogP contribution in [0.25, 0.3) is 0 Å². The standard InChI is InChI=1S/C6H6N6O3/c13-10-7-4-1-5(8-11-14)3-6(2-4)9-12-15/h1-3H,(H,7,13)(H,8,14)(H,9,15). The average molecular weight is 210 g/mol. The summed E-state index contributed by atoms with van der Waals surface area (Å²) in [6, 6.07) is 4.20. The highest BCUT2D eigenvalue weighted by atomic mass is 16.3. The predicted octanol–water partition coefficient (Wildman–Crippen LogP) is 1.97. The number of nitrogens with one attached hydrogen (secondary N) is 3. The van der Waals surface area contributed by atoms with Crippen molar-refractivity contribution in [3.05, 3.63) is 32.9 Å². The molecule has 0 unspecified atom stereocenters. The van der Waals surface area contributed by atoms with Gasteiger partial charge in [-0.05, 0) is 18.2 Å². The molecular formula is C6H6N6O3. The van der Waals surface area contributed by atoms with E-state index in [0.717, 1.165) is 0 Å². The molecule has 0 radical (unpaired) electrons. The number of nitrogens with zero attached hydrogens (tertiary/aromatic N) is 3. The van der Waals surface area contributed by atoms with Crippen LogP contribution in [0.15, 0.2) is 34.1 Å². The van der Waals surface area contributed by atoms with Gasteiger partial charge in [0.1, 0.15) is 0 Å². The Morgan fingerprint density at radius 1 is 0.667 bits per heavy atom. The fraction of sp³-hybridized carbons (Fsp3) is 0. The lowest BCUT2D eigenvalue weighted by Crippen LogP contribution is -1.94. The quantitative estimate of drug-likeness (QED) is 0.486. The van der Waals surface area contributed by atoms with Gasteiger partial charge in [-0.2, -0.15) is 0 Å². The maximum atomic E-state index is 9.94. The summed E-state index contributed by atoms with van der Waals surface area (Å²) in [5.74, 6) is 0. The van der Waals surface area contributed by atoms with Crippen LogP contribution in [0.1, 0.15) is 0 Å². The van der Waals surface area contributed by atoms with E-state index in [9.17, 15) is 14.7 Å². The Morgan fingerprint density at radius 3 is 1.13 bits per heavy atom. The first-order valence-corrected chi connectivity index (χ1v) is 3.70. The fourth-order valence-corrected chi connectivity index (χ4v) is 0.979. The van der Waals surface area contributed by atoms with E-state index in [4.69, 9.17) is 0 Å². The summed E-state index contributed by atoms with van der Waals surface area (Å²) in [7, 11) is 0. The lowest BCUT2D eigenvalue weighted by atomic mass is 10.2. The Morgan fingerprint density at radius 2 is 0.933 bits per heavy atom. The molecule has 0 aromatic heterocycles. The number of nitroso groups, excluding NO2 is 3. The number of hydrogen-bond acceptors (Lipinski definition) is 6. The van der Waals surface area contributed by atoms with Crippen molar-refractivity contribution >= 4 is 17.1 Å². The van der Waals surface area contributed by atoms with Crippen LogP contribution in [0, 0.1) is 14.7 Å². The molecule has 0 aliphatic rings. The molecule has 0 amide bonds. The van der Waals surface area contributed by atoms with Gasteiger partial charge in [0, 0.05) is 0 Å². The van der Waals surface area contributed by atoms with Crippen LogP contribution in [0.4, 0.5) is 17.1 Å². The van der Waals surface area contributed by atoms with E-state index in [1.165, 1.54) is 18.2 Å². The van der Waals surface area contributed by atoms with E-state index < -0.39 is 0 Å². The van der Waals surface area contributed by atoms with Crippen molar-refractivity contribution in [1.82, 2.24) is 0 Å². The van der Waals surface area contributed by atoms with E-state index in [2.05, 4.69) is 32.1 Å². The molecule has 0 spiro atoms. The van der Waals surface area contributed by atoms with Crippen LogP contribution in [0.5, 0.6) is 0 Å². The van der Waals surface area contributed by atoms with Crippen LogP contribution in [0.3, 0.4) is 0 Å². The van der Waals surface area contributed by atoms with Crippen LogP contribution in [-0.4, -0.2) is 0 Å². The number of rotatable bonds is 6. The third kappa shape index (κ3) is 2.99. The number of benzene rings is 1. The normalized spacial score (nSPS) is 8.80. The van der Waals surface area contributed by atoms with Gasteiger partial charge in [-0.25, -0.2) is 16.3 Å². The minimum absolute atomic E-state index is 0.282. The van der Waals surface area contributed by atoms with Crippen LogP contribution in [-0.2, 0) is 0 Å². The van der Waals surface area contributed by atoms with Gasteiger partial charge in [-0.15, -0.1) is 14.7 Å². The summed E-state index contributed by atoms with van der Waals surface area (Å²) in [6.45, 7) is 0. The highest BCUT2D eigenvalue weighted by Crippen LogP contribution is 2.22. The van der Waals surface area contributed by atoms with Crippen LogP contribution < -0.4 is 16.3 Å². The molecule has 0 atom stereocenters. The van der Waals surface area contributed by atoms with Gasteiger partial charge in [0.15, 0.2) is 0 Å². The molecule has 9 nitrogen and oxygen atoms in total.